The van der Waals surface area contributed by atoms with E-state index in [0.717, 1.165) is 0 Å². The fourth-order valence-corrected chi connectivity index (χ4v) is 2.28. The third-order valence-corrected chi connectivity index (χ3v) is 2.95. The van der Waals surface area contributed by atoms with Gasteiger partial charge in [0.2, 0.25) is 0 Å². The molecule has 2 aliphatic carbocycles. The quantitative estimate of drug-likeness (QED) is 0.493. The second-order valence-corrected chi connectivity index (χ2v) is 3.79. The summed E-state index contributed by atoms with van der Waals surface area (Å²) in [7, 11) is 0. The van der Waals surface area contributed by atoms with Crippen LogP contribution in [0.3, 0.4) is 0 Å². The molecule has 0 heteroatoms. The van der Waals surface area contributed by atoms with Crippen molar-refractivity contribution in [1.29, 1.82) is 0 Å². The van der Waals surface area contributed by atoms with Crippen molar-refractivity contribution >= 4 is 0 Å². The Morgan fingerprint density at radius 2 is 1.55 bits per heavy atom. The summed E-state index contributed by atoms with van der Waals surface area (Å²) in [6.07, 6.45) is 13.8. The molecule has 1 fully saturated rings. The van der Waals surface area contributed by atoms with Crippen LogP contribution in [0.1, 0.15) is 51.4 Å². The van der Waals surface area contributed by atoms with Gasteiger partial charge in [0, 0.05) is 5.92 Å². The average Bonchev–Trinajstić information content (AvgIpc) is 2.28. The predicted molar refractivity (Wildman–Crippen MR) is 48.3 cm³/mol. The number of hydrogen-bond donors (Lipinski definition) is 0. The van der Waals surface area contributed by atoms with Gasteiger partial charge < -0.3 is 0 Å². The molecular formula is C11H17. The van der Waals surface area contributed by atoms with E-state index < -0.39 is 0 Å². The van der Waals surface area contributed by atoms with Crippen molar-refractivity contribution < 1.29 is 0 Å². The summed E-state index contributed by atoms with van der Waals surface area (Å²) in [4.78, 5) is 0. The maximum absolute atomic E-state index is 2.50. The van der Waals surface area contributed by atoms with Crippen LogP contribution in [0, 0.1) is 5.92 Å². The zero-order valence-corrected chi connectivity index (χ0v) is 7.23. The lowest BCUT2D eigenvalue weighted by molar-refractivity contribution is 0.583. The second kappa shape index (κ2) is 3.42. The van der Waals surface area contributed by atoms with Crippen molar-refractivity contribution in [3.8, 4) is 0 Å². The van der Waals surface area contributed by atoms with Gasteiger partial charge in [0.15, 0.2) is 0 Å². The fourth-order valence-electron chi connectivity index (χ4n) is 2.28. The molecule has 0 aliphatic heterocycles. The lowest BCUT2D eigenvalue weighted by atomic mass is 9.82. The van der Waals surface area contributed by atoms with Crippen molar-refractivity contribution in [1.82, 2.24) is 0 Å². The van der Waals surface area contributed by atoms with Crippen LogP contribution in [0.15, 0.2) is 11.6 Å². The Balaban J connectivity index is 2.06. The highest BCUT2D eigenvalue weighted by molar-refractivity contribution is 5.27. The highest BCUT2D eigenvalue weighted by atomic mass is 14.2. The molecular weight excluding hydrogens is 132 g/mol. The summed E-state index contributed by atoms with van der Waals surface area (Å²) < 4.78 is 0. The molecule has 0 spiro atoms. The predicted octanol–water partition coefficient (Wildman–Crippen LogP) is 3.64. The molecule has 1 radical (unpaired) electrons. The molecule has 0 aromatic carbocycles. The highest BCUT2D eigenvalue weighted by Crippen LogP contribution is 2.37. The van der Waals surface area contributed by atoms with Crippen molar-refractivity contribution in [2.45, 2.75) is 51.4 Å². The van der Waals surface area contributed by atoms with Crippen LogP contribution < -0.4 is 0 Å². The maximum Gasteiger partial charge on any atom is 0.000545 e. The first-order valence-electron chi connectivity index (χ1n) is 5.01. The van der Waals surface area contributed by atoms with E-state index in [2.05, 4.69) is 6.08 Å². The molecule has 0 N–H and O–H groups in total. The van der Waals surface area contributed by atoms with Gasteiger partial charge in [-0.15, -0.1) is 0 Å². The van der Waals surface area contributed by atoms with E-state index in [-0.39, 0.29) is 0 Å². The molecule has 2 rings (SSSR count). The first kappa shape index (κ1) is 7.39. The van der Waals surface area contributed by atoms with E-state index in [4.69, 9.17) is 0 Å². The largest absolute Gasteiger partial charge is 0.0847 e. The Morgan fingerprint density at radius 3 is 2.45 bits per heavy atom. The first-order valence-corrected chi connectivity index (χ1v) is 5.01. The van der Waals surface area contributed by atoms with Crippen LogP contribution in [-0.2, 0) is 0 Å². The van der Waals surface area contributed by atoms with E-state index in [1.54, 1.807) is 11.5 Å². The third-order valence-electron chi connectivity index (χ3n) is 2.95. The van der Waals surface area contributed by atoms with Crippen molar-refractivity contribution in [2.75, 3.05) is 0 Å². The van der Waals surface area contributed by atoms with E-state index in [1.807, 2.05) is 0 Å². The van der Waals surface area contributed by atoms with Crippen molar-refractivity contribution in [3.63, 3.8) is 0 Å². The van der Waals surface area contributed by atoms with E-state index in [0.29, 0.717) is 0 Å². The topological polar surface area (TPSA) is 0 Å². The minimum Gasteiger partial charge on any atom is -0.0847 e. The van der Waals surface area contributed by atoms with Crippen LogP contribution >= 0.6 is 0 Å². The number of rotatable bonds is 0. The number of allylic oxidation sites excluding steroid dienone is 2. The van der Waals surface area contributed by atoms with Crippen molar-refractivity contribution in [2.24, 2.45) is 0 Å². The molecule has 0 saturated heterocycles. The Hall–Kier alpha value is -0.260. The summed E-state index contributed by atoms with van der Waals surface area (Å²) in [5.74, 6) is 1.80. The summed E-state index contributed by atoms with van der Waals surface area (Å²) in [5.41, 5.74) is 1.73. The second-order valence-electron chi connectivity index (χ2n) is 3.79. The highest BCUT2D eigenvalue weighted by Gasteiger charge is 2.19. The number of fused-ring (bicyclic) bond motifs is 1. The average molecular weight is 149 g/mol. The van der Waals surface area contributed by atoms with Gasteiger partial charge in [-0.25, -0.2) is 0 Å². The molecule has 0 aromatic rings. The van der Waals surface area contributed by atoms with Gasteiger partial charge in [-0.3, -0.25) is 0 Å². The van der Waals surface area contributed by atoms with Crippen LogP contribution in [0.25, 0.3) is 0 Å². The zero-order valence-electron chi connectivity index (χ0n) is 7.23. The molecule has 0 unspecified atom stereocenters. The van der Waals surface area contributed by atoms with Gasteiger partial charge in [-0.1, -0.05) is 24.5 Å². The Kier molecular flexibility index (Phi) is 2.30. The molecule has 0 heterocycles. The minimum absolute atomic E-state index is 1.35. The van der Waals surface area contributed by atoms with Crippen molar-refractivity contribution in [3.05, 3.63) is 17.6 Å². The van der Waals surface area contributed by atoms with Gasteiger partial charge in [0.05, 0.1) is 0 Å². The lowest BCUT2D eigenvalue weighted by Crippen LogP contribution is -2.06. The summed E-state index contributed by atoms with van der Waals surface area (Å²) in [5, 5.41) is 0. The smallest absolute Gasteiger partial charge is 0.000545 e. The summed E-state index contributed by atoms with van der Waals surface area (Å²) in [6.45, 7) is 0. The normalized spacial score (nSPS) is 27.1. The molecule has 61 valence electrons. The first-order chi connectivity index (χ1) is 5.47. The van der Waals surface area contributed by atoms with Crippen LogP contribution in [0.2, 0.25) is 0 Å². The Bertz CT molecular complexity index is 155. The SMILES string of the molecule is C1=C2CCCC[C]2CCCC1. The van der Waals surface area contributed by atoms with Gasteiger partial charge in [0.25, 0.3) is 0 Å². The fraction of sp³-hybridized carbons (Fsp3) is 0.727. The van der Waals surface area contributed by atoms with E-state index in [1.165, 1.54) is 51.4 Å². The molecule has 0 aromatic heterocycles. The van der Waals surface area contributed by atoms with E-state index in [9.17, 15) is 0 Å². The molecule has 2 aliphatic rings. The standard InChI is InChI=1S/C11H17/c1-2-6-10-8-4-5-9-11(10)7-3-1/h6H,1-5,7-9H2. The minimum atomic E-state index is 1.35. The third kappa shape index (κ3) is 1.66. The molecule has 1 saturated carbocycles. The van der Waals surface area contributed by atoms with Gasteiger partial charge in [-0.2, -0.15) is 0 Å². The maximum atomic E-state index is 2.50. The molecule has 11 heavy (non-hydrogen) atoms. The van der Waals surface area contributed by atoms with Crippen LogP contribution in [-0.4, -0.2) is 0 Å². The Labute approximate surface area is 69.7 Å². The van der Waals surface area contributed by atoms with Crippen LogP contribution in [0.5, 0.6) is 0 Å². The molecule has 0 amide bonds. The number of hydrogen-bond acceptors (Lipinski definition) is 0. The molecule has 0 bridgehead atoms. The Morgan fingerprint density at radius 1 is 0.818 bits per heavy atom. The summed E-state index contributed by atoms with van der Waals surface area (Å²) in [6, 6.07) is 0. The zero-order chi connectivity index (χ0) is 7.52. The molecule has 0 nitrogen and oxygen atoms in total. The van der Waals surface area contributed by atoms with E-state index >= 15 is 0 Å². The van der Waals surface area contributed by atoms with Gasteiger partial charge in [-0.05, 0) is 38.5 Å². The van der Waals surface area contributed by atoms with Crippen LogP contribution in [0.4, 0.5) is 0 Å². The summed E-state index contributed by atoms with van der Waals surface area (Å²) >= 11 is 0. The molecule has 0 atom stereocenters. The lowest BCUT2D eigenvalue weighted by Gasteiger charge is -2.23. The van der Waals surface area contributed by atoms with Gasteiger partial charge in [0.1, 0.15) is 0 Å². The monoisotopic (exact) mass is 149 g/mol. The van der Waals surface area contributed by atoms with Gasteiger partial charge >= 0.3 is 0 Å².